The van der Waals surface area contributed by atoms with Gasteiger partial charge in [-0.05, 0) is 92.0 Å². The number of esters is 1. The van der Waals surface area contributed by atoms with Crippen molar-refractivity contribution < 1.29 is 19.1 Å². The van der Waals surface area contributed by atoms with Gasteiger partial charge in [0.1, 0.15) is 24.6 Å². The molecule has 0 radical (unpaired) electrons. The van der Waals surface area contributed by atoms with Gasteiger partial charge >= 0.3 is 5.97 Å². The van der Waals surface area contributed by atoms with E-state index < -0.39 is 5.97 Å². The molecule has 2 aromatic rings. The predicted molar refractivity (Wildman–Crippen MR) is 140 cm³/mol. The number of hydrogen-bond donors (Lipinski definition) is 0. The summed E-state index contributed by atoms with van der Waals surface area (Å²) in [5.74, 6) is -0.212. The van der Waals surface area contributed by atoms with Crippen LogP contribution in [-0.2, 0) is 20.7 Å². The molecule has 1 amide bonds. The minimum Gasteiger partial charge on any atom is -0.487 e. The van der Waals surface area contributed by atoms with Gasteiger partial charge in [0.15, 0.2) is 5.11 Å². The van der Waals surface area contributed by atoms with Gasteiger partial charge in [0.25, 0.3) is 5.91 Å². The number of aryl methyl sites for hydroxylation is 1. The van der Waals surface area contributed by atoms with E-state index in [2.05, 4.69) is 45.4 Å². The van der Waals surface area contributed by atoms with Crippen LogP contribution >= 0.6 is 44.1 Å². The third kappa shape index (κ3) is 5.54. The lowest BCUT2D eigenvalue weighted by molar-refractivity contribution is -0.140. The summed E-state index contributed by atoms with van der Waals surface area (Å²) in [6.45, 7) is 5.88. The second-order valence-electron chi connectivity index (χ2n) is 7.05. The van der Waals surface area contributed by atoms with Crippen molar-refractivity contribution in [2.45, 2.75) is 13.3 Å². The smallest absolute Gasteiger partial charge is 0.325 e. The number of hydrogen-bond acceptors (Lipinski definition) is 5. The van der Waals surface area contributed by atoms with Crippen LogP contribution in [0.5, 0.6) is 5.75 Å². The molecule has 0 spiro atoms. The molecule has 0 bridgehead atoms. The third-order valence-electron chi connectivity index (χ3n) is 4.92. The largest absolute Gasteiger partial charge is 0.487 e. The van der Waals surface area contributed by atoms with Crippen LogP contribution in [0.1, 0.15) is 18.1 Å². The topological polar surface area (TPSA) is 59.1 Å². The molecule has 1 aliphatic heterocycles. The monoisotopic (exact) mass is 592 g/mol. The molecule has 1 fully saturated rings. The van der Waals surface area contributed by atoms with E-state index in [-0.39, 0.29) is 23.3 Å². The molecule has 1 heterocycles. The Balaban J connectivity index is 2.04. The highest BCUT2D eigenvalue weighted by atomic mass is 79.9. The molecule has 2 aromatic carbocycles. The molecule has 0 atom stereocenters. The zero-order valence-electron chi connectivity index (χ0n) is 18.1. The predicted octanol–water partition coefficient (Wildman–Crippen LogP) is 5.49. The summed E-state index contributed by atoms with van der Waals surface area (Å²) in [7, 11) is 1.30. The molecular formula is C24H22Br2N2O4S. The van der Waals surface area contributed by atoms with Gasteiger partial charge in [-0.3, -0.25) is 14.5 Å². The highest BCUT2D eigenvalue weighted by Crippen LogP contribution is 2.36. The number of rotatable bonds is 8. The molecule has 3 rings (SSSR count). The molecule has 33 heavy (non-hydrogen) atoms. The van der Waals surface area contributed by atoms with Crippen molar-refractivity contribution in [2.24, 2.45) is 0 Å². The van der Waals surface area contributed by atoms with Gasteiger partial charge in [-0.1, -0.05) is 31.7 Å². The number of amides is 1. The van der Waals surface area contributed by atoms with Gasteiger partial charge < -0.3 is 14.4 Å². The number of nitrogens with zero attached hydrogens (tertiary/aromatic N) is 2. The highest BCUT2D eigenvalue weighted by Gasteiger charge is 2.40. The second-order valence-corrected chi connectivity index (χ2v) is 9.12. The Labute approximate surface area is 215 Å². The quantitative estimate of drug-likeness (QED) is 0.175. The summed E-state index contributed by atoms with van der Waals surface area (Å²) in [5, 5.41) is 0.213. The molecule has 6 nitrogen and oxygen atoms in total. The molecule has 172 valence electrons. The fraction of sp³-hybridized carbons (Fsp3) is 0.208. The normalized spacial score (nSPS) is 14.7. The average molecular weight is 594 g/mol. The van der Waals surface area contributed by atoms with E-state index in [4.69, 9.17) is 21.7 Å². The second kappa shape index (κ2) is 11.1. The van der Waals surface area contributed by atoms with E-state index in [1.165, 1.54) is 16.9 Å². The van der Waals surface area contributed by atoms with Crippen LogP contribution < -0.4 is 9.64 Å². The molecule has 0 saturated carbocycles. The van der Waals surface area contributed by atoms with Crippen LogP contribution in [0.15, 0.2) is 63.7 Å². The van der Waals surface area contributed by atoms with Crippen molar-refractivity contribution in [1.29, 1.82) is 0 Å². The SMILES string of the molecule is C=CCOc1c(Br)cc(/C=C2/C(=O)N(c3ccc(CC)cc3)C(=S)N2CC(=O)OC)cc1Br. The van der Waals surface area contributed by atoms with Crippen LogP contribution in [0.2, 0.25) is 0 Å². The molecule has 0 aliphatic carbocycles. The van der Waals surface area contributed by atoms with Crippen molar-refractivity contribution in [2.75, 3.05) is 25.2 Å². The van der Waals surface area contributed by atoms with Crippen molar-refractivity contribution in [3.63, 3.8) is 0 Å². The van der Waals surface area contributed by atoms with E-state index >= 15 is 0 Å². The van der Waals surface area contributed by atoms with E-state index in [1.807, 2.05) is 36.4 Å². The Kier molecular flexibility index (Phi) is 8.45. The van der Waals surface area contributed by atoms with Crippen LogP contribution in [0.3, 0.4) is 0 Å². The Morgan fingerprint density at radius 2 is 1.82 bits per heavy atom. The van der Waals surface area contributed by atoms with Gasteiger partial charge in [-0.15, -0.1) is 0 Å². The first-order valence-electron chi connectivity index (χ1n) is 10.1. The number of halogens is 2. The summed E-state index contributed by atoms with van der Waals surface area (Å²) in [6, 6.07) is 11.2. The fourth-order valence-electron chi connectivity index (χ4n) is 3.24. The lowest BCUT2D eigenvalue weighted by atomic mass is 10.1. The molecule has 1 aliphatic rings. The molecule has 0 unspecified atom stereocenters. The lowest BCUT2D eigenvalue weighted by Crippen LogP contribution is -2.35. The molecule has 0 N–H and O–H groups in total. The summed E-state index contributed by atoms with van der Waals surface area (Å²) in [5.41, 5.74) is 2.76. The highest BCUT2D eigenvalue weighted by molar-refractivity contribution is 9.11. The van der Waals surface area contributed by atoms with Gasteiger partial charge in [0.05, 0.1) is 21.7 Å². The number of thiocarbonyl (C=S) groups is 1. The number of ether oxygens (including phenoxy) is 2. The Bertz CT molecular complexity index is 1110. The van der Waals surface area contributed by atoms with E-state index in [9.17, 15) is 9.59 Å². The van der Waals surface area contributed by atoms with Crippen LogP contribution in [0.25, 0.3) is 6.08 Å². The summed E-state index contributed by atoms with van der Waals surface area (Å²) in [6.07, 6.45) is 4.22. The lowest BCUT2D eigenvalue weighted by Gasteiger charge is -2.19. The fourth-order valence-corrected chi connectivity index (χ4v) is 5.04. The maximum Gasteiger partial charge on any atom is 0.325 e. The molecule has 0 aromatic heterocycles. The van der Waals surface area contributed by atoms with E-state index in [0.29, 0.717) is 32.6 Å². The van der Waals surface area contributed by atoms with Gasteiger partial charge in [-0.2, -0.15) is 0 Å². The average Bonchev–Trinajstić information content (AvgIpc) is 3.02. The van der Waals surface area contributed by atoms with Crippen LogP contribution in [-0.4, -0.2) is 42.2 Å². The van der Waals surface area contributed by atoms with Gasteiger partial charge in [-0.25, -0.2) is 0 Å². The zero-order valence-corrected chi connectivity index (χ0v) is 22.1. The minimum atomic E-state index is -0.505. The number of anilines is 1. The Hall–Kier alpha value is -2.49. The summed E-state index contributed by atoms with van der Waals surface area (Å²) in [4.78, 5) is 28.4. The maximum atomic E-state index is 13.5. The van der Waals surface area contributed by atoms with Crippen LogP contribution in [0, 0.1) is 0 Å². The first kappa shape index (κ1) is 25.1. The number of methoxy groups -OCH3 is 1. The minimum absolute atomic E-state index is 0.181. The Morgan fingerprint density at radius 1 is 1.18 bits per heavy atom. The number of carbonyl (C=O) groups excluding carboxylic acids is 2. The summed E-state index contributed by atoms with van der Waals surface area (Å²) >= 11 is 12.6. The third-order valence-corrected chi connectivity index (χ3v) is 6.50. The van der Waals surface area contributed by atoms with Crippen molar-refractivity contribution in [1.82, 2.24) is 4.90 Å². The number of carbonyl (C=O) groups is 2. The van der Waals surface area contributed by atoms with E-state index in [1.54, 1.807) is 12.2 Å². The van der Waals surface area contributed by atoms with Gasteiger partial charge in [0, 0.05) is 0 Å². The van der Waals surface area contributed by atoms with Crippen molar-refractivity contribution in [3.05, 3.63) is 74.8 Å². The molecular weight excluding hydrogens is 572 g/mol. The van der Waals surface area contributed by atoms with Crippen molar-refractivity contribution >= 4 is 72.8 Å². The standard InChI is InChI=1S/C24H22Br2N2O4S/c1-4-10-32-22-18(25)11-16(12-19(22)26)13-20-23(30)28(17-8-6-15(5-2)7-9-17)24(33)27(20)14-21(29)31-3/h4,6-9,11-13H,1,5,10,14H2,2-3H3/b20-13-. The summed E-state index contributed by atoms with van der Waals surface area (Å²) < 4.78 is 11.9. The first-order valence-corrected chi connectivity index (χ1v) is 12.1. The first-order chi connectivity index (χ1) is 15.8. The Morgan fingerprint density at radius 3 is 2.36 bits per heavy atom. The van der Waals surface area contributed by atoms with Gasteiger partial charge in [0.2, 0.25) is 0 Å². The van der Waals surface area contributed by atoms with Crippen molar-refractivity contribution in [3.8, 4) is 5.75 Å². The zero-order chi connectivity index (χ0) is 24.1. The molecule has 1 saturated heterocycles. The molecule has 9 heteroatoms. The van der Waals surface area contributed by atoms with Crippen LogP contribution in [0.4, 0.5) is 5.69 Å². The maximum absolute atomic E-state index is 13.5. The van der Waals surface area contributed by atoms with E-state index in [0.717, 1.165) is 12.0 Å². The number of benzene rings is 2.